The third kappa shape index (κ3) is 4.41. The zero-order valence-electron chi connectivity index (χ0n) is 12.2. The minimum Gasteiger partial charge on any atom is -0.394 e. The molecule has 0 bridgehead atoms. The minimum absolute atomic E-state index is 0.0320. The van der Waals surface area contributed by atoms with Crippen LogP contribution in [0.5, 0.6) is 0 Å². The van der Waals surface area contributed by atoms with E-state index in [0.717, 1.165) is 0 Å². The first-order chi connectivity index (χ1) is 10.6. The molecule has 2 N–H and O–H groups in total. The Morgan fingerprint density at radius 2 is 2.05 bits per heavy atom. The summed E-state index contributed by atoms with van der Waals surface area (Å²) in [5.74, 6) is 0. The molecule has 0 saturated carbocycles. The number of aliphatic hydroxyl groups is 1. The second kappa shape index (κ2) is 8.24. The second-order valence-corrected chi connectivity index (χ2v) is 7.38. The maximum Gasteiger partial charge on any atom is 0.243 e. The lowest BCUT2D eigenvalue weighted by Gasteiger charge is -2.35. The molecule has 0 unspecified atom stereocenters. The van der Waals surface area contributed by atoms with Crippen molar-refractivity contribution >= 4 is 21.6 Å². The summed E-state index contributed by atoms with van der Waals surface area (Å²) in [6, 6.07) is 6.05. The van der Waals surface area contributed by atoms with Crippen molar-refractivity contribution in [3.8, 4) is 0 Å². The average Bonchev–Trinajstić information content (AvgIpc) is 2.52. The van der Waals surface area contributed by atoms with Crippen molar-refractivity contribution in [3.63, 3.8) is 0 Å². The van der Waals surface area contributed by atoms with Crippen LogP contribution in [0.2, 0.25) is 5.02 Å². The molecule has 6 nitrogen and oxygen atoms in total. The van der Waals surface area contributed by atoms with Gasteiger partial charge in [0.1, 0.15) is 0 Å². The monoisotopic (exact) mass is 348 g/mol. The highest BCUT2D eigenvalue weighted by Gasteiger charge is 2.33. The second-order valence-electron chi connectivity index (χ2n) is 5.05. The van der Waals surface area contributed by atoms with Crippen LogP contribution >= 0.6 is 11.6 Å². The standard InChI is InChI=1S/C14H21ClN2O4S/c15-12-1-3-14(4-2-12)22(19,20)17-7-6-16-11-13(17)5-9-21-10-8-18/h1-4,13,16,18H,5-11H2/t13-/m0/s1. The fourth-order valence-corrected chi connectivity index (χ4v) is 4.21. The molecule has 0 radical (unpaired) electrons. The summed E-state index contributed by atoms with van der Waals surface area (Å²) in [5.41, 5.74) is 0. The van der Waals surface area contributed by atoms with Crippen LogP contribution in [-0.4, -0.2) is 63.3 Å². The van der Waals surface area contributed by atoms with Crippen molar-refractivity contribution in [1.82, 2.24) is 9.62 Å². The van der Waals surface area contributed by atoms with E-state index < -0.39 is 10.0 Å². The average molecular weight is 349 g/mol. The number of ether oxygens (including phenoxy) is 1. The molecule has 124 valence electrons. The Labute approximate surface area is 136 Å². The summed E-state index contributed by atoms with van der Waals surface area (Å²) in [6.07, 6.45) is 0.583. The Kier molecular flexibility index (Phi) is 6.61. The van der Waals surface area contributed by atoms with Gasteiger partial charge < -0.3 is 15.2 Å². The van der Waals surface area contributed by atoms with Crippen LogP contribution in [0.25, 0.3) is 0 Å². The topological polar surface area (TPSA) is 78.9 Å². The molecule has 0 aromatic heterocycles. The van der Waals surface area contributed by atoms with Crippen molar-refractivity contribution in [3.05, 3.63) is 29.3 Å². The summed E-state index contributed by atoms with van der Waals surface area (Å²) in [6.45, 7) is 2.30. The number of hydrogen-bond donors (Lipinski definition) is 2. The van der Waals surface area contributed by atoms with E-state index in [1.165, 1.54) is 16.4 Å². The van der Waals surface area contributed by atoms with Crippen LogP contribution in [0.15, 0.2) is 29.2 Å². The molecule has 1 aliphatic rings. The molecule has 8 heteroatoms. The van der Waals surface area contributed by atoms with E-state index in [2.05, 4.69) is 5.32 Å². The van der Waals surface area contributed by atoms with E-state index >= 15 is 0 Å². The van der Waals surface area contributed by atoms with Crippen molar-refractivity contribution in [1.29, 1.82) is 0 Å². The van der Waals surface area contributed by atoms with Crippen molar-refractivity contribution in [2.24, 2.45) is 0 Å². The van der Waals surface area contributed by atoms with E-state index in [4.69, 9.17) is 21.4 Å². The van der Waals surface area contributed by atoms with Gasteiger partial charge in [0, 0.05) is 37.3 Å². The summed E-state index contributed by atoms with van der Waals surface area (Å²) >= 11 is 5.82. The fourth-order valence-electron chi connectivity index (χ4n) is 2.43. The predicted molar refractivity (Wildman–Crippen MR) is 84.5 cm³/mol. The quantitative estimate of drug-likeness (QED) is 0.709. The first-order valence-corrected chi connectivity index (χ1v) is 9.04. The summed E-state index contributed by atoms with van der Waals surface area (Å²) < 4.78 is 32.3. The largest absolute Gasteiger partial charge is 0.394 e. The summed E-state index contributed by atoms with van der Waals surface area (Å²) in [7, 11) is -3.54. The Balaban J connectivity index is 2.10. The molecular weight excluding hydrogens is 328 g/mol. The first-order valence-electron chi connectivity index (χ1n) is 7.22. The smallest absolute Gasteiger partial charge is 0.243 e. The van der Waals surface area contributed by atoms with Gasteiger partial charge in [-0.2, -0.15) is 4.31 Å². The first kappa shape index (κ1) is 17.7. The lowest BCUT2D eigenvalue weighted by atomic mass is 10.2. The molecule has 0 spiro atoms. The Hall–Kier alpha value is -0.700. The molecule has 22 heavy (non-hydrogen) atoms. The fraction of sp³-hybridized carbons (Fsp3) is 0.571. The molecule has 1 heterocycles. The van der Waals surface area contributed by atoms with Gasteiger partial charge in [-0.25, -0.2) is 8.42 Å². The third-order valence-electron chi connectivity index (χ3n) is 3.55. The van der Waals surface area contributed by atoms with Gasteiger partial charge in [0.2, 0.25) is 10.0 Å². The van der Waals surface area contributed by atoms with Gasteiger partial charge in [-0.1, -0.05) is 11.6 Å². The number of hydrogen-bond acceptors (Lipinski definition) is 5. The molecule has 0 amide bonds. The Morgan fingerprint density at radius 1 is 1.32 bits per heavy atom. The highest BCUT2D eigenvalue weighted by molar-refractivity contribution is 7.89. The van der Waals surface area contributed by atoms with Gasteiger partial charge in [-0.3, -0.25) is 0 Å². The number of aliphatic hydroxyl groups excluding tert-OH is 1. The number of piperazine rings is 1. The molecule has 1 aromatic rings. The van der Waals surface area contributed by atoms with Crippen molar-refractivity contribution in [2.75, 3.05) is 39.5 Å². The highest BCUT2D eigenvalue weighted by atomic mass is 35.5. The van der Waals surface area contributed by atoms with Crippen LogP contribution in [0, 0.1) is 0 Å². The SMILES string of the molecule is O=S(=O)(c1ccc(Cl)cc1)N1CCNC[C@@H]1CCOCCO. The van der Waals surface area contributed by atoms with Gasteiger partial charge in [0.25, 0.3) is 0 Å². The molecule has 1 atom stereocenters. The van der Waals surface area contributed by atoms with Crippen molar-refractivity contribution in [2.45, 2.75) is 17.4 Å². The Bertz CT molecular complexity index is 565. The van der Waals surface area contributed by atoms with E-state index in [1.54, 1.807) is 12.1 Å². The molecule has 1 fully saturated rings. The molecule has 1 saturated heterocycles. The van der Waals surface area contributed by atoms with Crippen LogP contribution in [0.4, 0.5) is 0 Å². The zero-order valence-corrected chi connectivity index (χ0v) is 13.8. The van der Waals surface area contributed by atoms with Crippen molar-refractivity contribution < 1.29 is 18.3 Å². The maximum atomic E-state index is 12.8. The van der Waals surface area contributed by atoms with Crippen LogP contribution in [0.3, 0.4) is 0 Å². The third-order valence-corrected chi connectivity index (χ3v) is 5.77. The number of nitrogens with one attached hydrogen (secondary N) is 1. The highest BCUT2D eigenvalue weighted by Crippen LogP contribution is 2.22. The van der Waals surface area contributed by atoms with Gasteiger partial charge >= 0.3 is 0 Å². The number of halogens is 1. The zero-order chi connectivity index (χ0) is 16.0. The predicted octanol–water partition coefficient (Wildman–Crippen LogP) is 0.702. The molecule has 1 aromatic carbocycles. The molecular formula is C14H21ClN2O4S. The number of sulfonamides is 1. The number of nitrogens with zero attached hydrogens (tertiary/aromatic N) is 1. The molecule has 1 aliphatic heterocycles. The van der Waals surface area contributed by atoms with Gasteiger partial charge in [0.05, 0.1) is 18.1 Å². The van der Waals surface area contributed by atoms with Crippen LogP contribution in [-0.2, 0) is 14.8 Å². The summed E-state index contributed by atoms with van der Waals surface area (Å²) in [4.78, 5) is 0.250. The van der Waals surface area contributed by atoms with Gasteiger partial charge in [-0.15, -0.1) is 0 Å². The van der Waals surface area contributed by atoms with Gasteiger partial charge in [0.15, 0.2) is 0 Å². The summed E-state index contributed by atoms with van der Waals surface area (Å²) in [5, 5.41) is 12.4. The normalized spacial score (nSPS) is 20.2. The van der Waals surface area contributed by atoms with Crippen LogP contribution < -0.4 is 5.32 Å². The van der Waals surface area contributed by atoms with E-state index in [1.807, 2.05) is 0 Å². The number of benzene rings is 1. The molecule has 0 aliphatic carbocycles. The lowest BCUT2D eigenvalue weighted by molar-refractivity contribution is 0.0780. The van der Waals surface area contributed by atoms with Gasteiger partial charge in [-0.05, 0) is 30.7 Å². The van der Waals surface area contributed by atoms with E-state index in [-0.39, 0.29) is 24.2 Å². The maximum absolute atomic E-state index is 12.8. The lowest BCUT2D eigenvalue weighted by Crippen LogP contribution is -2.53. The van der Waals surface area contributed by atoms with E-state index in [9.17, 15) is 8.42 Å². The minimum atomic E-state index is -3.54. The van der Waals surface area contributed by atoms with E-state index in [0.29, 0.717) is 37.7 Å². The number of rotatable bonds is 7. The van der Waals surface area contributed by atoms with Crippen LogP contribution in [0.1, 0.15) is 6.42 Å². The molecule has 2 rings (SSSR count). The Morgan fingerprint density at radius 3 is 2.73 bits per heavy atom.